The monoisotopic (exact) mass is 525 g/mol. The predicted octanol–water partition coefficient (Wildman–Crippen LogP) is 3.00. The third-order valence-electron chi connectivity index (χ3n) is 4.78. The Morgan fingerprint density at radius 1 is 0.892 bits per heavy atom. The van der Waals surface area contributed by atoms with Gasteiger partial charge >= 0.3 is 11.9 Å². The lowest BCUT2D eigenvalue weighted by Crippen LogP contribution is -2.19. The van der Waals surface area contributed by atoms with E-state index < -0.39 is 28.0 Å². The van der Waals surface area contributed by atoms with Gasteiger partial charge in [0.1, 0.15) is 17.3 Å². The van der Waals surface area contributed by atoms with Crippen molar-refractivity contribution >= 4 is 33.7 Å². The topological polar surface area (TPSA) is 177 Å². The summed E-state index contributed by atoms with van der Waals surface area (Å²) in [6, 6.07) is 19.8. The van der Waals surface area contributed by atoms with Gasteiger partial charge in [-0.1, -0.05) is 48.5 Å². The highest BCUT2D eigenvalue weighted by molar-refractivity contribution is 7.84. The van der Waals surface area contributed by atoms with E-state index in [2.05, 4.69) is 0 Å². The van der Waals surface area contributed by atoms with Gasteiger partial charge in [0.25, 0.3) is 0 Å². The molecule has 0 aromatic heterocycles. The molecule has 37 heavy (non-hydrogen) atoms. The summed E-state index contributed by atoms with van der Waals surface area (Å²) in [6.45, 7) is 2.86. The zero-order chi connectivity index (χ0) is 27.8. The lowest BCUT2D eigenvalue weighted by molar-refractivity contribution is -0.135. The van der Waals surface area contributed by atoms with E-state index in [1.54, 1.807) is 61.5 Å². The fourth-order valence-corrected chi connectivity index (χ4v) is 3.09. The summed E-state index contributed by atoms with van der Waals surface area (Å²) < 4.78 is 37.9. The highest BCUT2D eigenvalue weighted by Crippen LogP contribution is 2.28. The van der Waals surface area contributed by atoms with Crippen LogP contribution in [-0.4, -0.2) is 42.8 Å². The van der Waals surface area contributed by atoms with E-state index in [1.807, 2.05) is 6.07 Å². The Morgan fingerprint density at radius 2 is 1.46 bits per heavy atom. The molecule has 0 saturated heterocycles. The molecule has 0 fully saturated rings. The molecule has 3 N–H and O–H groups in total. The first-order valence-electron chi connectivity index (χ1n) is 10.8. The summed E-state index contributed by atoms with van der Waals surface area (Å²) in [5.74, 6) is -2.21. The predicted molar refractivity (Wildman–Crippen MR) is 135 cm³/mol. The van der Waals surface area contributed by atoms with Gasteiger partial charge in [0.2, 0.25) is 0 Å². The van der Waals surface area contributed by atoms with E-state index in [1.165, 1.54) is 19.1 Å². The molecule has 3 aromatic rings. The Labute approximate surface area is 214 Å². The van der Waals surface area contributed by atoms with Crippen molar-refractivity contribution in [2.24, 2.45) is 5.73 Å². The molecule has 0 spiro atoms. The smallest absolute Gasteiger partial charge is 0.318 e. The molecule has 0 saturated carbocycles. The molecule has 0 amide bonds. The summed E-state index contributed by atoms with van der Waals surface area (Å²) in [5, 5.41) is 7.63. The Kier molecular flexibility index (Phi) is 9.81. The number of carbonyl (C=O) groups excluding carboxylic acids is 3. The maximum atomic E-state index is 12.9. The summed E-state index contributed by atoms with van der Waals surface area (Å²) in [4.78, 5) is 37.1. The minimum atomic E-state index is -3.92. The molecule has 3 aromatic carbocycles. The van der Waals surface area contributed by atoms with Crippen molar-refractivity contribution in [2.75, 3.05) is 6.26 Å². The van der Waals surface area contributed by atoms with E-state index in [9.17, 15) is 14.4 Å². The van der Waals surface area contributed by atoms with Crippen LogP contribution in [0.2, 0.25) is 0 Å². The molecule has 1 unspecified atom stereocenters. The second-order valence-electron chi connectivity index (χ2n) is 7.80. The first-order valence-corrected chi connectivity index (χ1v) is 12.6. The molecule has 11 heteroatoms. The van der Waals surface area contributed by atoms with Gasteiger partial charge in [-0.05, 0) is 36.8 Å². The van der Waals surface area contributed by atoms with Crippen molar-refractivity contribution in [1.82, 2.24) is 0 Å². The van der Waals surface area contributed by atoms with Crippen LogP contribution in [0.1, 0.15) is 46.8 Å². The maximum absolute atomic E-state index is 12.9. The van der Waals surface area contributed by atoms with Crippen LogP contribution in [0.5, 0.6) is 11.5 Å². The number of ether oxygens (including phenoxy) is 2. The molecular weight excluding hydrogens is 500 g/mol. The summed E-state index contributed by atoms with van der Waals surface area (Å²) in [6.07, 6.45) is 0.604. The molecule has 0 bridgehead atoms. The zero-order valence-electron chi connectivity index (χ0n) is 20.3. The minimum absolute atomic E-state index is 0.0850. The number of hydrogen-bond acceptors (Lipinski definition) is 9. The third-order valence-corrected chi connectivity index (χ3v) is 4.78. The van der Waals surface area contributed by atoms with Crippen LogP contribution in [0.3, 0.4) is 0 Å². The summed E-state index contributed by atoms with van der Waals surface area (Å²) >= 11 is 0. The van der Waals surface area contributed by atoms with E-state index in [0.29, 0.717) is 17.4 Å². The standard InChI is InChI=1S/C25H22N2O5.CH4O3S/c1-15(18-12-13-20(24(26)27)22(14-18)31-16(2)28)25(30)32-21-11-7-6-10-19(21)23(29)17-8-4-3-5-9-17;1-5(2,3)4/h3-15H,1-2H3,(H3,26,27);1H3,(H,2,3,4)/p-1. The van der Waals surface area contributed by atoms with Gasteiger partial charge < -0.3 is 19.8 Å². The molecule has 0 aliphatic rings. The minimum Gasteiger partial charge on any atom is -0.748 e. The number of esters is 2. The van der Waals surface area contributed by atoms with Crippen molar-refractivity contribution in [3.8, 4) is 11.5 Å². The normalized spacial score (nSPS) is 11.4. The number of nitrogens with one attached hydrogen (secondary N) is 1. The lowest BCUT2D eigenvalue weighted by atomic mass is 9.98. The van der Waals surface area contributed by atoms with Crippen molar-refractivity contribution < 1.29 is 36.8 Å². The molecule has 194 valence electrons. The van der Waals surface area contributed by atoms with E-state index in [-0.39, 0.29) is 34.2 Å². The Hall–Kier alpha value is -4.35. The second-order valence-corrected chi connectivity index (χ2v) is 9.21. The van der Waals surface area contributed by atoms with Crippen LogP contribution in [0, 0.1) is 5.41 Å². The highest BCUT2D eigenvalue weighted by Gasteiger charge is 2.23. The number of amidine groups is 1. The Bertz CT molecular complexity index is 1410. The number of carbonyl (C=O) groups is 3. The lowest BCUT2D eigenvalue weighted by Gasteiger charge is -2.16. The average Bonchev–Trinajstić information content (AvgIpc) is 2.82. The van der Waals surface area contributed by atoms with Gasteiger partial charge in [0.05, 0.1) is 27.2 Å². The first-order chi connectivity index (χ1) is 17.3. The maximum Gasteiger partial charge on any atom is 0.318 e. The molecule has 0 heterocycles. The number of para-hydroxylation sites is 1. The molecule has 1 atom stereocenters. The van der Waals surface area contributed by atoms with Gasteiger partial charge in [-0.25, -0.2) is 8.42 Å². The molecule has 0 aliphatic heterocycles. The zero-order valence-corrected chi connectivity index (χ0v) is 21.1. The second kappa shape index (κ2) is 12.6. The average molecular weight is 526 g/mol. The number of hydrogen-bond donors (Lipinski definition) is 2. The van der Waals surface area contributed by atoms with Crippen molar-refractivity contribution in [3.05, 3.63) is 95.1 Å². The van der Waals surface area contributed by atoms with Gasteiger partial charge in [0, 0.05) is 18.7 Å². The number of benzene rings is 3. The third kappa shape index (κ3) is 8.98. The van der Waals surface area contributed by atoms with Gasteiger partial charge in [-0.3, -0.25) is 19.8 Å². The molecule has 10 nitrogen and oxygen atoms in total. The van der Waals surface area contributed by atoms with Crippen LogP contribution in [0.15, 0.2) is 72.8 Å². The van der Waals surface area contributed by atoms with Crippen molar-refractivity contribution in [3.63, 3.8) is 0 Å². The van der Waals surface area contributed by atoms with E-state index in [4.69, 9.17) is 33.6 Å². The van der Waals surface area contributed by atoms with E-state index >= 15 is 0 Å². The van der Waals surface area contributed by atoms with Crippen molar-refractivity contribution in [2.45, 2.75) is 19.8 Å². The van der Waals surface area contributed by atoms with Crippen LogP contribution in [-0.2, 0) is 19.7 Å². The largest absolute Gasteiger partial charge is 0.748 e. The fourth-order valence-electron chi connectivity index (χ4n) is 3.09. The summed E-state index contributed by atoms with van der Waals surface area (Å²) in [5.41, 5.74) is 7.03. The van der Waals surface area contributed by atoms with Crippen molar-refractivity contribution in [1.29, 1.82) is 5.41 Å². The molecule has 0 aliphatic carbocycles. The molecule has 3 rings (SSSR count). The Morgan fingerprint density at radius 3 is 2.03 bits per heavy atom. The van der Waals surface area contributed by atoms with Crippen LogP contribution in [0.25, 0.3) is 0 Å². The Balaban J connectivity index is 0.000000877. The van der Waals surface area contributed by atoms with Gasteiger partial charge in [-0.2, -0.15) is 0 Å². The fraction of sp³-hybridized carbons (Fsp3) is 0.154. The number of ketones is 1. The van der Waals surface area contributed by atoms with E-state index in [0.717, 1.165) is 0 Å². The quantitative estimate of drug-likeness (QED) is 0.117. The van der Waals surface area contributed by atoms with Gasteiger partial charge in [-0.15, -0.1) is 0 Å². The number of nitrogens with two attached hydrogens (primary N) is 1. The van der Waals surface area contributed by atoms with Crippen LogP contribution in [0.4, 0.5) is 0 Å². The highest BCUT2D eigenvalue weighted by atomic mass is 32.2. The summed E-state index contributed by atoms with van der Waals surface area (Å²) in [7, 11) is -3.92. The van der Waals surface area contributed by atoms with Gasteiger partial charge in [0.15, 0.2) is 5.78 Å². The molecule has 0 radical (unpaired) electrons. The number of rotatable bonds is 7. The van der Waals surface area contributed by atoms with Crippen LogP contribution < -0.4 is 15.2 Å². The number of nitrogen functional groups attached to an aromatic ring is 1. The van der Waals surface area contributed by atoms with Crippen LogP contribution >= 0.6 is 0 Å². The molecular formula is C26H25N2O8S-. The SMILES string of the molecule is CC(=O)Oc1cc(C(C)C(=O)Oc2ccccc2C(=O)c2ccccc2)ccc1C(=N)N.CS(=O)(=O)[O-]. The first kappa shape index (κ1) is 28.9.